The van der Waals surface area contributed by atoms with Crippen LogP contribution in [-0.2, 0) is 17.5 Å². The zero-order chi connectivity index (χ0) is 21.3. The Morgan fingerprint density at radius 2 is 1.97 bits per heavy atom. The van der Waals surface area contributed by atoms with Gasteiger partial charge in [-0.3, -0.25) is 14.9 Å². The lowest BCUT2D eigenvalue weighted by molar-refractivity contribution is -0.388. The molecule has 2 aromatic rings. The van der Waals surface area contributed by atoms with Gasteiger partial charge in [0.2, 0.25) is 5.91 Å². The third-order valence-corrected chi connectivity index (χ3v) is 4.81. The fraction of sp³-hybridized carbons (Fsp3) is 0.316. The van der Waals surface area contributed by atoms with E-state index < -0.39 is 34.2 Å². The van der Waals surface area contributed by atoms with E-state index in [2.05, 4.69) is 5.32 Å². The SMILES string of the molecule is CC(=O)N1CCC(Nc2ccc([N+](=O)[O-])c(C(F)(F)F)c2)c2ccc(F)cc2C1. The zero-order valence-corrected chi connectivity index (χ0v) is 15.3. The topological polar surface area (TPSA) is 75.5 Å². The lowest BCUT2D eigenvalue weighted by Gasteiger charge is -2.21. The Morgan fingerprint density at radius 1 is 1.24 bits per heavy atom. The first-order valence-corrected chi connectivity index (χ1v) is 8.72. The molecule has 0 fully saturated rings. The fourth-order valence-corrected chi connectivity index (χ4v) is 3.41. The van der Waals surface area contributed by atoms with Crippen LogP contribution < -0.4 is 5.32 Å². The number of nitrogens with zero attached hydrogens (tertiary/aromatic N) is 2. The standard InChI is InChI=1S/C19H17F4N3O3/c1-11(27)25-7-6-17(15-4-2-13(20)8-12(15)10-25)24-14-3-5-18(26(28)29)16(9-14)19(21,22)23/h2-5,8-9,17,24H,6-7,10H2,1H3. The van der Waals surface area contributed by atoms with E-state index in [4.69, 9.17) is 0 Å². The molecule has 1 aliphatic rings. The van der Waals surface area contributed by atoms with Crippen LogP contribution in [-0.4, -0.2) is 22.3 Å². The summed E-state index contributed by atoms with van der Waals surface area (Å²) in [6, 6.07) is 6.25. The van der Waals surface area contributed by atoms with Gasteiger partial charge in [-0.2, -0.15) is 13.2 Å². The van der Waals surface area contributed by atoms with Gasteiger partial charge >= 0.3 is 6.18 Å². The Labute approximate surface area is 163 Å². The minimum absolute atomic E-state index is 0.0412. The molecule has 0 bridgehead atoms. The van der Waals surface area contributed by atoms with Crippen LogP contribution in [0.1, 0.15) is 36.1 Å². The van der Waals surface area contributed by atoms with Gasteiger partial charge < -0.3 is 10.2 Å². The number of benzene rings is 2. The summed E-state index contributed by atoms with van der Waals surface area (Å²) in [5.74, 6) is -0.682. The summed E-state index contributed by atoms with van der Waals surface area (Å²) in [7, 11) is 0. The molecular weight excluding hydrogens is 394 g/mol. The molecule has 1 N–H and O–H groups in total. The van der Waals surface area contributed by atoms with Crippen molar-refractivity contribution in [2.24, 2.45) is 0 Å². The third-order valence-electron chi connectivity index (χ3n) is 4.81. The van der Waals surface area contributed by atoms with Crippen molar-refractivity contribution in [1.82, 2.24) is 4.90 Å². The van der Waals surface area contributed by atoms with Gasteiger partial charge in [0.1, 0.15) is 11.4 Å². The van der Waals surface area contributed by atoms with Crippen LogP contribution in [0.2, 0.25) is 0 Å². The minimum Gasteiger partial charge on any atom is -0.378 e. The number of carbonyl (C=O) groups is 1. The number of amides is 1. The highest BCUT2D eigenvalue weighted by molar-refractivity contribution is 5.73. The average Bonchev–Trinajstić information content (AvgIpc) is 2.80. The third kappa shape index (κ3) is 4.47. The van der Waals surface area contributed by atoms with Gasteiger partial charge in [-0.1, -0.05) is 6.07 Å². The highest BCUT2D eigenvalue weighted by atomic mass is 19.4. The summed E-state index contributed by atoms with van der Waals surface area (Å²) in [6.07, 6.45) is -4.52. The Morgan fingerprint density at radius 3 is 2.59 bits per heavy atom. The summed E-state index contributed by atoms with van der Waals surface area (Å²) in [6.45, 7) is 1.90. The van der Waals surface area contributed by atoms with Crippen molar-refractivity contribution in [2.45, 2.75) is 32.1 Å². The van der Waals surface area contributed by atoms with Crippen molar-refractivity contribution in [1.29, 1.82) is 0 Å². The summed E-state index contributed by atoms with van der Waals surface area (Å²) in [5, 5.41) is 13.9. The maximum absolute atomic E-state index is 13.7. The predicted octanol–water partition coefficient (Wildman–Crippen LogP) is 4.66. The molecule has 0 radical (unpaired) electrons. The van der Waals surface area contributed by atoms with Gasteiger partial charge in [0.25, 0.3) is 5.69 Å². The molecule has 154 valence electrons. The number of alkyl halides is 3. The van der Waals surface area contributed by atoms with Crippen molar-refractivity contribution in [3.05, 3.63) is 69.0 Å². The largest absolute Gasteiger partial charge is 0.423 e. The molecule has 6 nitrogen and oxygen atoms in total. The Kier molecular flexibility index (Phi) is 5.45. The number of nitrogens with one attached hydrogen (secondary N) is 1. The van der Waals surface area contributed by atoms with Crippen molar-refractivity contribution in [3.63, 3.8) is 0 Å². The van der Waals surface area contributed by atoms with Crippen molar-refractivity contribution in [3.8, 4) is 0 Å². The molecule has 1 heterocycles. The van der Waals surface area contributed by atoms with E-state index in [-0.39, 0.29) is 18.1 Å². The van der Waals surface area contributed by atoms with Crippen LogP contribution >= 0.6 is 0 Å². The summed E-state index contributed by atoms with van der Waals surface area (Å²) >= 11 is 0. The molecule has 29 heavy (non-hydrogen) atoms. The molecule has 1 aliphatic heterocycles. The van der Waals surface area contributed by atoms with Gasteiger partial charge in [0, 0.05) is 31.8 Å². The Hall–Kier alpha value is -3.17. The molecule has 2 aromatic carbocycles. The second-order valence-electron chi connectivity index (χ2n) is 6.76. The number of nitro groups is 1. The molecule has 0 aromatic heterocycles. The maximum atomic E-state index is 13.7. The molecule has 0 aliphatic carbocycles. The summed E-state index contributed by atoms with van der Waals surface area (Å²) in [4.78, 5) is 23.2. The summed E-state index contributed by atoms with van der Waals surface area (Å²) < 4.78 is 53.4. The lowest BCUT2D eigenvalue weighted by atomic mass is 9.98. The van der Waals surface area contributed by atoms with Gasteiger partial charge in [-0.05, 0) is 41.8 Å². The minimum atomic E-state index is -4.89. The number of hydrogen-bond acceptors (Lipinski definition) is 4. The Bertz CT molecular complexity index is 962. The number of carbonyl (C=O) groups excluding carboxylic acids is 1. The van der Waals surface area contributed by atoms with Gasteiger partial charge in [0.05, 0.1) is 11.0 Å². The number of nitro benzene ring substituents is 1. The first-order valence-electron chi connectivity index (χ1n) is 8.72. The molecule has 1 amide bonds. The number of rotatable bonds is 3. The van der Waals surface area contributed by atoms with Crippen LogP contribution in [0.5, 0.6) is 0 Å². The van der Waals surface area contributed by atoms with Crippen LogP contribution in [0, 0.1) is 15.9 Å². The Balaban J connectivity index is 1.98. The smallest absolute Gasteiger partial charge is 0.378 e. The number of anilines is 1. The van der Waals surface area contributed by atoms with Crippen LogP contribution in [0.25, 0.3) is 0 Å². The molecule has 1 atom stereocenters. The lowest BCUT2D eigenvalue weighted by Crippen LogP contribution is -2.28. The average molecular weight is 411 g/mol. The maximum Gasteiger partial charge on any atom is 0.423 e. The van der Waals surface area contributed by atoms with Crippen LogP contribution in [0.15, 0.2) is 36.4 Å². The molecule has 0 spiro atoms. The summed E-state index contributed by atoms with van der Waals surface area (Å²) in [5.41, 5.74) is -1.14. The van der Waals surface area contributed by atoms with Gasteiger partial charge in [-0.25, -0.2) is 4.39 Å². The van der Waals surface area contributed by atoms with Crippen LogP contribution in [0.3, 0.4) is 0 Å². The number of hydrogen-bond donors (Lipinski definition) is 1. The first kappa shape index (κ1) is 20.6. The normalized spacial score (nSPS) is 16.7. The molecule has 0 saturated heterocycles. The fourth-order valence-electron chi connectivity index (χ4n) is 3.41. The van der Waals surface area contributed by atoms with E-state index in [1.54, 1.807) is 0 Å². The van der Waals surface area contributed by atoms with E-state index in [0.717, 1.165) is 6.07 Å². The van der Waals surface area contributed by atoms with Crippen molar-refractivity contribution >= 4 is 17.3 Å². The van der Waals surface area contributed by atoms with E-state index in [0.29, 0.717) is 30.2 Å². The van der Waals surface area contributed by atoms with E-state index in [1.807, 2.05) is 0 Å². The molecule has 0 saturated carbocycles. The highest BCUT2D eigenvalue weighted by Crippen LogP contribution is 2.39. The molecular formula is C19H17F4N3O3. The molecule has 10 heteroatoms. The van der Waals surface area contributed by atoms with E-state index in [1.165, 1.54) is 36.1 Å². The molecule has 3 rings (SSSR count). The zero-order valence-electron chi connectivity index (χ0n) is 15.3. The van der Waals surface area contributed by atoms with E-state index in [9.17, 15) is 32.5 Å². The van der Waals surface area contributed by atoms with Crippen molar-refractivity contribution < 1.29 is 27.3 Å². The number of halogens is 4. The van der Waals surface area contributed by atoms with Gasteiger partial charge in [-0.15, -0.1) is 0 Å². The molecule has 1 unspecified atom stereocenters. The first-order chi connectivity index (χ1) is 13.6. The van der Waals surface area contributed by atoms with Crippen LogP contribution in [0.4, 0.5) is 28.9 Å². The quantitative estimate of drug-likeness (QED) is 0.453. The van der Waals surface area contributed by atoms with E-state index >= 15 is 0 Å². The second-order valence-corrected chi connectivity index (χ2v) is 6.76. The monoisotopic (exact) mass is 411 g/mol. The van der Waals surface area contributed by atoms with Crippen molar-refractivity contribution in [2.75, 3.05) is 11.9 Å². The number of fused-ring (bicyclic) bond motifs is 1. The predicted molar refractivity (Wildman–Crippen MR) is 96.6 cm³/mol. The second kappa shape index (κ2) is 7.69. The van der Waals surface area contributed by atoms with Gasteiger partial charge in [0.15, 0.2) is 0 Å². The highest BCUT2D eigenvalue weighted by Gasteiger charge is 2.38.